The van der Waals surface area contributed by atoms with Crippen LogP contribution in [0.25, 0.3) is 0 Å². The van der Waals surface area contributed by atoms with Crippen LogP contribution in [0.3, 0.4) is 0 Å². The van der Waals surface area contributed by atoms with Gasteiger partial charge in [-0.15, -0.1) is 0 Å². The molecule has 2 aromatic rings. The van der Waals surface area contributed by atoms with Crippen LogP contribution in [0.1, 0.15) is 28.4 Å². The maximum absolute atomic E-state index is 12.3. The van der Waals surface area contributed by atoms with E-state index in [1.54, 1.807) is 30.3 Å². The summed E-state index contributed by atoms with van der Waals surface area (Å²) in [5.74, 6) is -0.595. The summed E-state index contributed by atoms with van der Waals surface area (Å²) >= 11 is 5.96. The standard InChI is InChI=1S/C19H20ClNO4/c1-2-25-17-8-7-15(20)12-16(17)19(24)21-10-9-13-3-5-14(6-4-13)11-18(22)23/h3-8,12H,2,9-11H2,1H3,(H,21,24)(H,22,23). The van der Waals surface area contributed by atoms with Gasteiger partial charge >= 0.3 is 5.97 Å². The number of hydrogen-bond donors (Lipinski definition) is 2. The monoisotopic (exact) mass is 361 g/mol. The molecule has 0 atom stereocenters. The van der Waals surface area contributed by atoms with Crippen molar-refractivity contribution in [3.63, 3.8) is 0 Å². The predicted molar refractivity (Wildman–Crippen MR) is 96.4 cm³/mol. The van der Waals surface area contributed by atoms with E-state index in [4.69, 9.17) is 21.4 Å². The summed E-state index contributed by atoms with van der Waals surface area (Å²) in [6.07, 6.45) is 0.648. The Balaban J connectivity index is 1.92. The first-order valence-electron chi connectivity index (χ1n) is 7.99. The second-order valence-corrected chi connectivity index (χ2v) is 5.90. The van der Waals surface area contributed by atoms with Gasteiger partial charge in [0.25, 0.3) is 5.91 Å². The van der Waals surface area contributed by atoms with Crippen LogP contribution in [0.5, 0.6) is 5.75 Å². The molecule has 0 unspecified atom stereocenters. The number of carboxylic acid groups (broad SMARTS) is 1. The Bertz CT molecular complexity index is 744. The number of carbonyl (C=O) groups excluding carboxylic acids is 1. The van der Waals surface area contributed by atoms with Gasteiger partial charge in [-0.05, 0) is 42.7 Å². The van der Waals surface area contributed by atoms with Gasteiger partial charge in [-0.25, -0.2) is 0 Å². The molecule has 5 nitrogen and oxygen atoms in total. The molecule has 0 aliphatic carbocycles. The predicted octanol–water partition coefficient (Wildman–Crippen LogP) is 3.34. The number of rotatable bonds is 8. The minimum Gasteiger partial charge on any atom is -0.493 e. The average molecular weight is 362 g/mol. The number of aliphatic carboxylic acids is 1. The first-order valence-corrected chi connectivity index (χ1v) is 8.37. The van der Waals surface area contributed by atoms with E-state index in [1.165, 1.54) is 0 Å². The number of amides is 1. The number of carbonyl (C=O) groups is 2. The van der Waals surface area contributed by atoms with Crippen molar-refractivity contribution in [1.82, 2.24) is 5.32 Å². The third-order valence-electron chi connectivity index (χ3n) is 3.56. The Labute approximate surface area is 151 Å². The van der Waals surface area contributed by atoms with Gasteiger partial charge in [-0.3, -0.25) is 9.59 Å². The number of nitrogens with one attached hydrogen (secondary N) is 1. The molecule has 0 saturated carbocycles. The third kappa shape index (κ3) is 5.80. The molecule has 25 heavy (non-hydrogen) atoms. The van der Waals surface area contributed by atoms with Gasteiger partial charge in [-0.2, -0.15) is 0 Å². The molecule has 2 rings (SSSR count). The number of ether oxygens (including phenoxy) is 1. The minimum absolute atomic E-state index is 0.00594. The van der Waals surface area contributed by atoms with Crippen molar-refractivity contribution in [2.45, 2.75) is 19.8 Å². The first-order chi connectivity index (χ1) is 12.0. The topological polar surface area (TPSA) is 75.6 Å². The lowest BCUT2D eigenvalue weighted by molar-refractivity contribution is -0.136. The van der Waals surface area contributed by atoms with Crippen molar-refractivity contribution in [2.75, 3.05) is 13.2 Å². The molecular formula is C19H20ClNO4. The van der Waals surface area contributed by atoms with E-state index in [1.807, 2.05) is 19.1 Å². The Kier molecular flexibility index (Phi) is 6.83. The Morgan fingerprint density at radius 3 is 2.44 bits per heavy atom. The molecule has 1 amide bonds. The molecule has 0 aromatic heterocycles. The molecule has 2 aromatic carbocycles. The van der Waals surface area contributed by atoms with Crippen LogP contribution in [0, 0.1) is 0 Å². The zero-order valence-corrected chi connectivity index (χ0v) is 14.7. The largest absolute Gasteiger partial charge is 0.493 e. The summed E-state index contributed by atoms with van der Waals surface area (Å²) in [5.41, 5.74) is 2.18. The van der Waals surface area contributed by atoms with Gasteiger partial charge in [0.05, 0.1) is 18.6 Å². The molecule has 132 valence electrons. The fourth-order valence-corrected chi connectivity index (χ4v) is 2.55. The second-order valence-electron chi connectivity index (χ2n) is 5.47. The number of halogens is 1. The lowest BCUT2D eigenvalue weighted by Gasteiger charge is -2.11. The van der Waals surface area contributed by atoms with E-state index < -0.39 is 5.97 Å². The highest BCUT2D eigenvalue weighted by Gasteiger charge is 2.13. The van der Waals surface area contributed by atoms with Gasteiger partial charge in [0.1, 0.15) is 5.75 Å². The van der Waals surface area contributed by atoms with Crippen LogP contribution in [-0.2, 0) is 17.6 Å². The summed E-state index contributed by atoms with van der Waals surface area (Å²) in [5, 5.41) is 12.1. The molecule has 0 radical (unpaired) electrons. The number of benzene rings is 2. The lowest BCUT2D eigenvalue weighted by Crippen LogP contribution is -2.26. The highest BCUT2D eigenvalue weighted by Crippen LogP contribution is 2.22. The van der Waals surface area contributed by atoms with Gasteiger partial charge in [0, 0.05) is 11.6 Å². The molecule has 0 aliphatic heterocycles. The lowest BCUT2D eigenvalue weighted by atomic mass is 10.1. The van der Waals surface area contributed by atoms with E-state index in [9.17, 15) is 9.59 Å². The molecule has 0 fully saturated rings. The molecule has 0 heterocycles. The minimum atomic E-state index is -0.855. The summed E-state index contributed by atoms with van der Waals surface area (Å²) in [6.45, 7) is 2.77. The molecule has 6 heteroatoms. The van der Waals surface area contributed by atoms with E-state index in [2.05, 4.69) is 5.32 Å². The van der Waals surface area contributed by atoms with Crippen molar-refractivity contribution >= 4 is 23.5 Å². The smallest absolute Gasteiger partial charge is 0.307 e. The van der Waals surface area contributed by atoms with Gasteiger partial charge in [0.2, 0.25) is 0 Å². The molecule has 2 N–H and O–H groups in total. The summed E-state index contributed by atoms with van der Waals surface area (Å²) in [7, 11) is 0. The second kappa shape index (κ2) is 9.08. The van der Waals surface area contributed by atoms with Crippen LogP contribution in [0.2, 0.25) is 5.02 Å². The van der Waals surface area contributed by atoms with Gasteiger partial charge in [0.15, 0.2) is 0 Å². The zero-order chi connectivity index (χ0) is 18.2. The zero-order valence-electron chi connectivity index (χ0n) is 13.9. The van der Waals surface area contributed by atoms with Crippen molar-refractivity contribution < 1.29 is 19.4 Å². The van der Waals surface area contributed by atoms with E-state index in [0.717, 1.165) is 11.1 Å². The van der Waals surface area contributed by atoms with Crippen molar-refractivity contribution in [1.29, 1.82) is 0 Å². The van der Waals surface area contributed by atoms with Crippen molar-refractivity contribution in [3.05, 3.63) is 64.2 Å². The van der Waals surface area contributed by atoms with Crippen LogP contribution >= 0.6 is 11.6 Å². The third-order valence-corrected chi connectivity index (χ3v) is 3.80. The number of hydrogen-bond acceptors (Lipinski definition) is 3. The average Bonchev–Trinajstić information content (AvgIpc) is 2.57. The molecular weight excluding hydrogens is 342 g/mol. The molecule has 0 saturated heterocycles. The van der Waals surface area contributed by atoms with Crippen molar-refractivity contribution in [3.8, 4) is 5.75 Å². The van der Waals surface area contributed by atoms with Gasteiger partial charge < -0.3 is 15.2 Å². The maximum atomic E-state index is 12.3. The fraction of sp³-hybridized carbons (Fsp3) is 0.263. The van der Waals surface area contributed by atoms with E-state index >= 15 is 0 Å². The first kappa shape index (κ1) is 18.8. The van der Waals surface area contributed by atoms with E-state index in [0.29, 0.717) is 35.9 Å². The summed E-state index contributed by atoms with van der Waals surface area (Å²) < 4.78 is 5.46. The Morgan fingerprint density at radius 1 is 1.12 bits per heavy atom. The fourth-order valence-electron chi connectivity index (χ4n) is 2.38. The number of carboxylic acids is 1. The highest BCUT2D eigenvalue weighted by molar-refractivity contribution is 6.31. The van der Waals surface area contributed by atoms with Gasteiger partial charge in [-0.1, -0.05) is 35.9 Å². The Morgan fingerprint density at radius 2 is 1.80 bits per heavy atom. The molecule has 0 aliphatic rings. The quantitative estimate of drug-likeness (QED) is 0.756. The SMILES string of the molecule is CCOc1ccc(Cl)cc1C(=O)NCCc1ccc(CC(=O)O)cc1. The normalized spacial score (nSPS) is 10.3. The molecule has 0 bridgehead atoms. The molecule has 0 spiro atoms. The summed E-state index contributed by atoms with van der Waals surface area (Å²) in [6, 6.07) is 12.3. The Hall–Kier alpha value is -2.53. The van der Waals surface area contributed by atoms with E-state index in [-0.39, 0.29) is 12.3 Å². The van der Waals surface area contributed by atoms with Crippen LogP contribution in [-0.4, -0.2) is 30.1 Å². The summed E-state index contributed by atoms with van der Waals surface area (Å²) in [4.78, 5) is 23.0. The highest BCUT2D eigenvalue weighted by atomic mass is 35.5. The van der Waals surface area contributed by atoms with Crippen LogP contribution < -0.4 is 10.1 Å². The van der Waals surface area contributed by atoms with Crippen LogP contribution in [0.4, 0.5) is 0 Å². The van der Waals surface area contributed by atoms with Crippen molar-refractivity contribution in [2.24, 2.45) is 0 Å². The maximum Gasteiger partial charge on any atom is 0.307 e. The van der Waals surface area contributed by atoms with Crippen LogP contribution in [0.15, 0.2) is 42.5 Å².